The van der Waals surface area contributed by atoms with E-state index in [1.54, 1.807) is 0 Å². The Bertz CT molecular complexity index is 387. The van der Waals surface area contributed by atoms with Crippen LogP contribution in [0.25, 0.3) is 0 Å². The fourth-order valence-corrected chi connectivity index (χ4v) is 2.61. The predicted octanol–water partition coefficient (Wildman–Crippen LogP) is 2.59. The molecule has 2 nitrogen and oxygen atoms in total. The molecule has 1 aliphatic rings. The highest BCUT2D eigenvalue weighted by molar-refractivity contribution is 5.37. The van der Waals surface area contributed by atoms with Crippen LogP contribution < -0.4 is 5.32 Å². The van der Waals surface area contributed by atoms with Crippen molar-refractivity contribution in [2.24, 2.45) is 5.92 Å². The van der Waals surface area contributed by atoms with E-state index < -0.39 is 0 Å². The van der Waals surface area contributed by atoms with E-state index in [0.29, 0.717) is 12.0 Å². The highest BCUT2D eigenvalue weighted by Gasteiger charge is 2.25. The maximum atomic E-state index is 9.40. The molecule has 1 aromatic carbocycles. The van der Waals surface area contributed by atoms with E-state index in [2.05, 4.69) is 44.3 Å². The standard InChI is InChI=1S/C15H23NO/c1-10(2)15(9-17)16-14-7-6-12-5-4-11(3)8-13(12)14/h4-5,8,10,14-17H,6-7,9H2,1-3H3. The monoisotopic (exact) mass is 233 g/mol. The number of aryl methyl sites for hydroxylation is 2. The van der Waals surface area contributed by atoms with Crippen molar-refractivity contribution in [3.63, 3.8) is 0 Å². The maximum absolute atomic E-state index is 9.40. The molecule has 2 unspecified atom stereocenters. The molecule has 0 aliphatic heterocycles. The molecule has 2 atom stereocenters. The van der Waals surface area contributed by atoms with Crippen molar-refractivity contribution >= 4 is 0 Å². The molecule has 2 N–H and O–H groups in total. The minimum atomic E-state index is 0.200. The lowest BCUT2D eigenvalue weighted by atomic mass is 10.0. The van der Waals surface area contributed by atoms with E-state index in [1.165, 1.54) is 16.7 Å². The lowest BCUT2D eigenvalue weighted by Crippen LogP contribution is -2.38. The van der Waals surface area contributed by atoms with Crippen LogP contribution in [0.5, 0.6) is 0 Å². The fourth-order valence-electron chi connectivity index (χ4n) is 2.61. The van der Waals surface area contributed by atoms with Crippen molar-refractivity contribution in [2.45, 2.75) is 45.7 Å². The van der Waals surface area contributed by atoms with E-state index in [1.807, 2.05) is 0 Å². The summed E-state index contributed by atoms with van der Waals surface area (Å²) in [5.74, 6) is 0.467. The van der Waals surface area contributed by atoms with Crippen LogP contribution in [0.4, 0.5) is 0 Å². The van der Waals surface area contributed by atoms with Crippen LogP contribution in [-0.4, -0.2) is 17.8 Å². The van der Waals surface area contributed by atoms with E-state index in [-0.39, 0.29) is 12.6 Å². The van der Waals surface area contributed by atoms with Gasteiger partial charge in [0.2, 0.25) is 0 Å². The third-order valence-electron chi connectivity index (χ3n) is 3.80. The predicted molar refractivity (Wildman–Crippen MR) is 71.1 cm³/mol. The number of nitrogens with one attached hydrogen (secondary N) is 1. The van der Waals surface area contributed by atoms with Gasteiger partial charge in [-0.2, -0.15) is 0 Å². The summed E-state index contributed by atoms with van der Waals surface area (Å²) < 4.78 is 0. The molecule has 0 saturated heterocycles. The third kappa shape index (κ3) is 2.70. The van der Waals surface area contributed by atoms with Gasteiger partial charge in [-0.3, -0.25) is 0 Å². The number of rotatable bonds is 4. The van der Waals surface area contributed by atoms with Crippen LogP contribution in [0.2, 0.25) is 0 Å². The van der Waals surface area contributed by atoms with Crippen molar-refractivity contribution in [1.29, 1.82) is 0 Å². The Kier molecular flexibility index (Phi) is 3.85. The summed E-state index contributed by atoms with van der Waals surface area (Å²) in [6, 6.07) is 7.34. The molecule has 0 heterocycles. The average molecular weight is 233 g/mol. The molecule has 17 heavy (non-hydrogen) atoms. The van der Waals surface area contributed by atoms with E-state index in [4.69, 9.17) is 0 Å². The van der Waals surface area contributed by atoms with Gasteiger partial charge in [-0.1, -0.05) is 37.6 Å². The maximum Gasteiger partial charge on any atom is 0.0587 e. The highest BCUT2D eigenvalue weighted by atomic mass is 16.3. The van der Waals surface area contributed by atoms with Crippen molar-refractivity contribution in [2.75, 3.05) is 6.61 Å². The van der Waals surface area contributed by atoms with E-state index in [9.17, 15) is 5.11 Å². The van der Waals surface area contributed by atoms with Crippen LogP contribution in [0.3, 0.4) is 0 Å². The Labute approximate surface area is 104 Å². The van der Waals surface area contributed by atoms with Crippen LogP contribution in [0.1, 0.15) is 43.0 Å². The topological polar surface area (TPSA) is 32.3 Å². The summed E-state index contributed by atoms with van der Waals surface area (Å²) in [7, 11) is 0. The number of benzene rings is 1. The molecule has 1 aliphatic carbocycles. The molecule has 0 aromatic heterocycles. The Balaban J connectivity index is 2.13. The van der Waals surface area contributed by atoms with Crippen LogP contribution >= 0.6 is 0 Å². The summed E-state index contributed by atoms with van der Waals surface area (Å²) in [5, 5.41) is 13.0. The van der Waals surface area contributed by atoms with Gasteiger partial charge in [0.15, 0.2) is 0 Å². The molecule has 0 spiro atoms. The van der Waals surface area contributed by atoms with Crippen LogP contribution in [0, 0.1) is 12.8 Å². The average Bonchev–Trinajstić information content (AvgIpc) is 2.68. The summed E-state index contributed by atoms with van der Waals surface area (Å²) >= 11 is 0. The van der Waals surface area contributed by atoms with Gasteiger partial charge in [0.1, 0.15) is 0 Å². The van der Waals surface area contributed by atoms with E-state index in [0.717, 1.165) is 12.8 Å². The molecule has 0 radical (unpaired) electrons. The minimum Gasteiger partial charge on any atom is -0.395 e. The number of fused-ring (bicyclic) bond motifs is 1. The molecule has 0 amide bonds. The fraction of sp³-hybridized carbons (Fsp3) is 0.600. The van der Waals surface area contributed by atoms with Gasteiger partial charge in [0.25, 0.3) is 0 Å². The van der Waals surface area contributed by atoms with Crippen molar-refractivity contribution in [3.8, 4) is 0 Å². The largest absolute Gasteiger partial charge is 0.395 e. The summed E-state index contributed by atoms with van der Waals surface area (Å²) in [5.41, 5.74) is 4.22. The molecule has 0 saturated carbocycles. The smallest absolute Gasteiger partial charge is 0.0587 e. The molecule has 0 bridgehead atoms. The molecular formula is C15H23NO. The van der Waals surface area contributed by atoms with Gasteiger partial charge < -0.3 is 10.4 Å². The molecule has 0 fully saturated rings. The Hall–Kier alpha value is -0.860. The third-order valence-corrected chi connectivity index (χ3v) is 3.80. The molecule has 2 rings (SSSR count). The summed E-state index contributed by atoms with van der Waals surface area (Å²) in [6.45, 7) is 6.66. The minimum absolute atomic E-state index is 0.200. The lowest BCUT2D eigenvalue weighted by Gasteiger charge is -2.25. The second-order valence-electron chi connectivity index (χ2n) is 5.49. The van der Waals surface area contributed by atoms with Crippen molar-refractivity contribution < 1.29 is 5.11 Å². The highest BCUT2D eigenvalue weighted by Crippen LogP contribution is 2.32. The molecular weight excluding hydrogens is 210 g/mol. The Morgan fingerprint density at radius 1 is 1.41 bits per heavy atom. The first kappa shape index (κ1) is 12.6. The van der Waals surface area contributed by atoms with Crippen molar-refractivity contribution in [3.05, 3.63) is 34.9 Å². The van der Waals surface area contributed by atoms with Gasteiger partial charge >= 0.3 is 0 Å². The zero-order chi connectivity index (χ0) is 12.4. The number of aliphatic hydroxyl groups excluding tert-OH is 1. The molecule has 1 aromatic rings. The second kappa shape index (κ2) is 5.19. The van der Waals surface area contributed by atoms with Gasteiger partial charge in [-0.05, 0) is 36.8 Å². The van der Waals surface area contributed by atoms with Gasteiger partial charge in [-0.15, -0.1) is 0 Å². The molecule has 2 heteroatoms. The lowest BCUT2D eigenvalue weighted by molar-refractivity contribution is 0.199. The number of hydrogen-bond acceptors (Lipinski definition) is 2. The number of aliphatic hydroxyl groups is 1. The van der Waals surface area contributed by atoms with E-state index >= 15 is 0 Å². The first-order valence-electron chi connectivity index (χ1n) is 6.58. The SMILES string of the molecule is Cc1ccc2c(c1)C(NC(CO)C(C)C)CC2. The van der Waals surface area contributed by atoms with Crippen LogP contribution in [0.15, 0.2) is 18.2 Å². The first-order chi connectivity index (χ1) is 8.11. The zero-order valence-electron chi connectivity index (χ0n) is 11.0. The second-order valence-corrected chi connectivity index (χ2v) is 5.49. The van der Waals surface area contributed by atoms with Gasteiger partial charge in [0.05, 0.1) is 6.61 Å². The normalized spacial score (nSPS) is 20.6. The van der Waals surface area contributed by atoms with Crippen molar-refractivity contribution in [1.82, 2.24) is 5.32 Å². The first-order valence-corrected chi connectivity index (χ1v) is 6.58. The van der Waals surface area contributed by atoms with Crippen LogP contribution in [-0.2, 0) is 6.42 Å². The Morgan fingerprint density at radius 2 is 2.18 bits per heavy atom. The zero-order valence-corrected chi connectivity index (χ0v) is 11.0. The Morgan fingerprint density at radius 3 is 2.82 bits per heavy atom. The summed E-state index contributed by atoms with van der Waals surface area (Å²) in [6.07, 6.45) is 2.31. The van der Waals surface area contributed by atoms with Gasteiger partial charge in [-0.25, -0.2) is 0 Å². The number of hydrogen-bond donors (Lipinski definition) is 2. The quantitative estimate of drug-likeness (QED) is 0.838. The van der Waals surface area contributed by atoms with Gasteiger partial charge in [0, 0.05) is 12.1 Å². The summed E-state index contributed by atoms with van der Waals surface area (Å²) in [4.78, 5) is 0. The molecule has 94 valence electrons.